The van der Waals surface area contributed by atoms with Crippen LogP contribution in [0.4, 0.5) is 5.69 Å². The van der Waals surface area contributed by atoms with Crippen molar-refractivity contribution in [3.05, 3.63) is 29.3 Å². The van der Waals surface area contributed by atoms with Gasteiger partial charge in [-0.15, -0.1) is 0 Å². The first kappa shape index (κ1) is 26.7. The largest absolute Gasteiger partial charge is 0.468 e. The van der Waals surface area contributed by atoms with Crippen molar-refractivity contribution in [2.24, 2.45) is 5.92 Å². The highest BCUT2D eigenvalue weighted by atomic mass is 32.2. The molecule has 0 aliphatic carbocycles. The topological polar surface area (TPSA) is 125 Å². The van der Waals surface area contributed by atoms with Gasteiger partial charge in [0.05, 0.1) is 7.11 Å². The Kier molecular flexibility index (Phi) is 8.90. The molecule has 0 saturated carbocycles. The lowest BCUT2D eigenvalue weighted by Gasteiger charge is -2.36. The lowest BCUT2D eigenvalue weighted by atomic mass is 9.94. The number of nitrogens with one attached hydrogen (secondary N) is 2. The molecule has 0 bridgehead atoms. The number of fused-ring (bicyclic) bond motifs is 1. The van der Waals surface area contributed by atoms with Crippen LogP contribution in [0.2, 0.25) is 0 Å². The van der Waals surface area contributed by atoms with Gasteiger partial charge < -0.3 is 15.0 Å². The van der Waals surface area contributed by atoms with Gasteiger partial charge in [0, 0.05) is 50.7 Å². The van der Waals surface area contributed by atoms with Gasteiger partial charge in [0.15, 0.2) is 5.12 Å². The number of likely N-dealkylation sites (tertiary alicyclic amines) is 1. The van der Waals surface area contributed by atoms with Gasteiger partial charge >= 0.3 is 5.97 Å². The second kappa shape index (κ2) is 11.7. The first-order chi connectivity index (χ1) is 16.6. The van der Waals surface area contributed by atoms with Gasteiger partial charge in [0.2, 0.25) is 11.8 Å². The number of benzene rings is 1. The Bertz CT molecular complexity index is 1020. The first-order valence-corrected chi connectivity index (χ1v) is 12.6. The van der Waals surface area contributed by atoms with E-state index in [1.165, 1.54) is 21.0 Å². The average Bonchev–Trinajstić information content (AvgIpc) is 3.30. The molecule has 1 aromatic carbocycles. The molecule has 2 aliphatic rings. The summed E-state index contributed by atoms with van der Waals surface area (Å²) in [4.78, 5) is 63.1. The summed E-state index contributed by atoms with van der Waals surface area (Å²) in [5.41, 5.74) is 5.28. The molecular weight excluding hydrogens is 472 g/mol. The zero-order valence-corrected chi connectivity index (χ0v) is 21.3. The number of methoxy groups -OCH3 is 1. The van der Waals surface area contributed by atoms with E-state index >= 15 is 0 Å². The first-order valence-electron chi connectivity index (χ1n) is 11.6. The summed E-state index contributed by atoms with van der Waals surface area (Å²) in [7, 11) is 1.30. The number of carbonyl (C=O) groups excluding carboxylic acids is 5. The molecule has 10 nitrogen and oxygen atoms in total. The summed E-state index contributed by atoms with van der Waals surface area (Å²) >= 11 is 1.10. The normalized spacial score (nSPS) is 20.5. The number of hydrogen-bond donors (Lipinski definition) is 2. The third-order valence-corrected chi connectivity index (χ3v) is 7.25. The molecule has 0 radical (unpaired) electrons. The Hall–Kier alpha value is -2.92. The second-order valence-corrected chi connectivity index (χ2v) is 10.1. The zero-order valence-electron chi connectivity index (χ0n) is 20.5. The summed E-state index contributed by atoms with van der Waals surface area (Å²) in [5, 5.41) is 4.23. The maximum atomic E-state index is 13.3. The second-order valence-electron chi connectivity index (χ2n) is 8.91. The highest BCUT2D eigenvalue weighted by Crippen LogP contribution is 2.27. The van der Waals surface area contributed by atoms with Crippen molar-refractivity contribution in [3.8, 4) is 0 Å². The molecule has 1 unspecified atom stereocenters. The van der Waals surface area contributed by atoms with Crippen LogP contribution in [0.3, 0.4) is 0 Å². The molecule has 1 aromatic rings. The number of rotatable bonds is 7. The van der Waals surface area contributed by atoms with E-state index in [0.717, 1.165) is 22.9 Å². The van der Waals surface area contributed by atoms with E-state index in [1.54, 1.807) is 22.9 Å². The van der Waals surface area contributed by atoms with E-state index in [-0.39, 0.29) is 29.4 Å². The van der Waals surface area contributed by atoms with Crippen LogP contribution in [0.15, 0.2) is 18.2 Å². The molecule has 1 saturated heterocycles. The fraction of sp³-hybridized carbons (Fsp3) is 0.542. The van der Waals surface area contributed by atoms with Gasteiger partial charge in [0.25, 0.3) is 5.91 Å². The molecular formula is C24H32N4O6S. The zero-order chi connectivity index (χ0) is 25.7. The molecule has 2 aliphatic heterocycles. The average molecular weight is 505 g/mol. The van der Waals surface area contributed by atoms with Crippen LogP contribution < -0.4 is 10.7 Å². The molecule has 11 heteroatoms. The van der Waals surface area contributed by atoms with E-state index in [9.17, 15) is 24.0 Å². The van der Waals surface area contributed by atoms with Crippen LogP contribution in [-0.2, 0) is 41.7 Å². The van der Waals surface area contributed by atoms with Gasteiger partial charge in [-0.2, -0.15) is 0 Å². The molecule has 35 heavy (non-hydrogen) atoms. The Balaban J connectivity index is 1.75. The van der Waals surface area contributed by atoms with Gasteiger partial charge in [-0.3, -0.25) is 29.4 Å². The van der Waals surface area contributed by atoms with Gasteiger partial charge in [-0.05, 0) is 36.1 Å². The van der Waals surface area contributed by atoms with Crippen molar-refractivity contribution < 1.29 is 28.7 Å². The molecule has 2 heterocycles. The van der Waals surface area contributed by atoms with E-state index in [4.69, 9.17) is 4.74 Å². The minimum Gasteiger partial charge on any atom is -0.468 e. The quantitative estimate of drug-likeness (QED) is 0.535. The Morgan fingerprint density at radius 3 is 2.54 bits per heavy atom. The molecule has 0 aromatic heterocycles. The molecule has 2 N–H and O–H groups in total. The fourth-order valence-corrected chi connectivity index (χ4v) is 5.07. The number of hydrogen-bond acceptors (Lipinski definition) is 8. The van der Waals surface area contributed by atoms with Crippen molar-refractivity contribution >= 4 is 46.3 Å². The number of hydrazine groups is 1. The van der Waals surface area contributed by atoms with Crippen LogP contribution in [0.1, 0.15) is 44.7 Å². The minimum atomic E-state index is -0.723. The standard InChI is InChI=1S/C24H32N4O6S/c1-14(13-35-16(3)30)23(32)27-9-5-6-20(27)22(31)26-28-12-18-10-19(25-15(2)29)8-7-17(18)11-21(28)24(33)34-4/h7-8,10,14,20-21H,5-6,9,11-13H2,1-4H3,(H,25,29)(H,26,31)/t14-,20+,21?/m1/s1. The van der Waals surface area contributed by atoms with Crippen LogP contribution in [0.5, 0.6) is 0 Å². The summed E-state index contributed by atoms with van der Waals surface area (Å²) in [6, 6.07) is 4.07. The predicted octanol–water partition coefficient (Wildman–Crippen LogP) is 1.48. The number of thioether (sulfide) groups is 1. The van der Waals surface area contributed by atoms with E-state index in [2.05, 4.69) is 10.7 Å². The third-order valence-electron chi connectivity index (χ3n) is 6.18. The lowest BCUT2D eigenvalue weighted by Crippen LogP contribution is -2.58. The molecule has 190 valence electrons. The fourth-order valence-electron chi connectivity index (χ4n) is 4.45. The summed E-state index contributed by atoms with van der Waals surface area (Å²) in [6.07, 6.45) is 1.54. The van der Waals surface area contributed by atoms with Gasteiger partial charge in [-0.1, -0.05) is 24.8 Å². The maximum absolute atomic E-state index is 13.3. The van der Waals surface area contributed by atoms with Crippen LogP contribution in [0, 0.1) is 5.92 Å². The number of esters is 1. The Labute approximate surface area is 209 Å². The van der Waals surface area contributed by atoms with Crippen molar-refractivity contribution in [3.63, 3.8) is 0 Å². The SMILES string of the molecule is COC(=O)C1Cc2ccc(NC(C)=O)cc2CN1NC(=O)[C@@H]1CCCN1C(=O)[C@H](C)CSC(C)=O. The molecule has 1 fully saturated rings. The number of nitrogens with zero attached hydrogens (tertiary/aromatic N) is 2. The smallest absolute Gasteiger partial charge is 0.325 e. The monoisotopic (exact) mass is 504 g/mol. The lowest BCUT2D eigenvalue weighted by molar-refractivity contribution is -0.152. The van der Waals surface area contributed by atoms with Crippen molar-refractivity contribution in [2.75, 3.05) is 24.7 Å². The highest BCUT2D eigenvalue weighted by molar-refractivity contribution is 8.13. The van der Waals surface area contributed by atoms with Crippen LogP contribution in [-0.4, -0.2) is 70.2 Å². The number of ether oxygens (including phenoxy) is 1. The van der Waals surface area contributed by atoms with Crippen LogP contribution in [0.25, 0.3) is 0 Å². The van der Waals surface area contributed by atoms with E-state index < -0.39 is 24.0 Å². The summed E-state index contributed by atoms with van der Waals surface area (Å²) < 4.78 is 4.97. The van der Waals surface area contributed by atoms with Crippen molar-refractivity contribution in [1.29, 1.82) is 0 Å². The minimum absolute atomic E-state index is 0.0544. The summed E-state index contributed by atoms with van der Waals surface area (Å²) in [5.74, 6) is -1.23. The van der Waals surface area contributed by atoms with Gasteiger partial charge in [0.1, 0.15) is 12.1 Å². The van der Waals surface area contributed by atoms with Crippen molar-refractivity contribution in [2.45, 2.75) is 58.7 Å². The third kappa shape index (κ3) is 6.61. The maximum Gasteiger partial charge on any atom is 0.325 e. The summed E-state index contributed by atoms with van der Waals surface area (Å²) in [6.45, 7) is 5.35. The molecule has 3 atom stereocenters. The predicted molar refractivity (Wildman–Crippen MR) is 131 cm³/mol. The Morgan fingerprint density at radius 1 is 1.14 bits per heavy atom. The van der Waals surface area contributed by atoms with Gasteiger partial charge in [-0.25, -0.2) is 5.01 Å². The Morgan fingerprint density at radius 2 is 1.89 bits per heavy atom. The number of amides is 3. The molecule has 3 amide bonds. The van der Waals surface area contributed by atoms with E-state index in [1.807, 2.05) is 12.1 Å². The van der Waals surface area contributed by atoms with Crippen molar-refractivity contribution in [1.82, 2.24) is 15.3 Å². The number of anilines is 1. The molecule has 0 spiro atoms. The highest BCUT2D eigenvalue weighted by Gasteiger charge is 2.39. The van der Waals surface area contributed by atoms with Crippen LogP contribution >= 0.6 is 11.8 Å². The molecule has 3 rings (SSSR count). The number of carbonyl (C=O) groups is 5. The van der Waals surface area contributed by atoms with E-state index in [0.29, 0.717) is 37.2 Å².